The quantitative estimate of drug-likeness (QED) is 0.377. The van der Waals surface area contributed by atoms with Crippen LogP contribution in [0.5, 0.6) is 0 Å². The molecule has 1 aromatic rings. The van der Waals surface area contributed by atoms with Crippen molar-refractivity contribution < 1.29 is 14.5 Å². The summed E-state index contributed by atoms with van der Waals surface area (Å²) >= 11 is 5.13. The molecule has 0 aromatic heterocycles. The number of esters is 1. The average molecular weight is 335 g/mol. The number of nitrogens with one attached hydrogen (secondary N) is 2. The Labute approximate surface area is 138 Å². The van der Waals surface area contributed by atoms with E-state index in [0.717, 1.165) is 0 Å². The van der Waals surface area contributed by atoms with E-state index >= 15 is 0 Å². The van der Waals surface area contributed by atoms with Crippen LogP contribution in [0.2, 0.25) is 0 Å². The second kappa shape index (κ2) is 6.74. The lowest BCUT2D eigenvalue weighted by Crippen LogP contribution is -2.45. The van der Waals surface area contributed by atoms with E-state index < -0.39 is 16.9 Å². The lowest BCUT2D eigenvalue weighted by atomic mass is 9.94. The molecule has 1 aliphatic heterocycles. The minimum Gasteiger partial charge on any atom is -0.463 e. The molecule has 0 spiro atoms. The molecular weight excluding hydrogens is 318 g/mol. The lowest BCUT2D eigenvalue weighted by Gasteiger charge is -2.29. The Kier molecular flexibility index (Phi) is 4.95. The molecule has 1 aromatic carbocycles. The van der Waals surface area contributed by atoms with Crippen molar-refractivity contribution in [3.8, 4) is 0 Å². The predicted molar refractivity (Wildman–Crippen MR) is 88.8 cm³/mol. The van der Waals surface area contributed by atoms with Gasteiger partial charge < -0.3 is 15.4 Å². The first-order chi connectivity index (χ1) is 10.8. The van der Waals surface area contributed by atoms with Gasteiger partial charge in [-0.1, -0.05) is 12.1 Å². The topological polar surface area (TPSA) is 93.5 Å². The van der Waals surface area contributed by atoms with Crippen LogP contribution >= 0.6 is 12.2 Å². The molecule has 0 radical (unpaired) electrons. The summed E-state index contributed by atoms with van der Waals surface area (Å²) in [5.41, 5.74) is 2.05. The standard InChI is InChI=1S/C15H17N3O4S/c1-4-22-14(19)12-9(3)16-15(23)17-13(12)10-6-5-8(2)11(7-10)18(20)21/h5-7,13H,4H2,1-3H3,(H2,16,17,23). The Balaban J connectivity index is 2.52. The molecule has 1 unspecified atom stereocenters. The molecule has 1 atom stereocenters. The molecule has 1 aliphatic rings. The number of allylic oxidation sites excluding steroid dienone is 1. The molecule has 122 valence electrons. The van der Waals surface area contributed by atoms with E-state index in [1.165, 1.54) is 6.07 Å². The third-order valence-corrected chi connectivity index (χ3v) is 3.75. The molecule has 0 bridgehead atoms. The first-order valence-corrected chi connectivity index (χ1v) is 7.46. The average Bonchev–Trinajstić information content (AvgIpc) is 2.46. The van der Waals surface area contributed by atoms with Crippen molar-refractivity contribution in [2.45, 2.75) is 26.8 Å². The molecular formula is C15H17N3O4S. The largest absolute Gasteiger partial charge is 0.463 e. The summed E-state index contributed by atoms with van der Waals surface area (Å²) in [7, 11) is 0. The molecule has 1 heterocycles. The highest BCUT2D eigenvalue weighted by Crippen LogP contribution is 2.31. The van der Waals surface area contributed by atoms with Gasteiger partial charge in [-0.3, -0.25) is 10.1 Å². The Morgan fingerprint density at radius 1 is 1.43 bits per heavy atom. The smallest absolute Gasteiger partial charge is 0.338 e. The normalized spacial score (nSPS) is 17.3. The fourth-order valence-corrected chi connectivity index (χ4v) is 2.70. The Bertz CT molecular complexity index is 715. The Morgan fingerprint density at radius 2 is 2.13 bits per heavy atom. The van der Waals surface area contributed by atoms with E-state index in [9.17, 15) is 14.9 Å². The fraction of sp³-hybridized carbons (Fsp3) is 0.333. The first kappa shape index (κ1) is 16.9. The van der Waals surface area contributed by atoms with Gasteiger partial charge in [0.1, 0.15) is 0 Å². The number of carbonyl (C=O) groups excluding carboxylic acids is 1. The molecule has 0 saturated carbocycles. The molecule has 8 heteroatoms. The number of aryl methyl sites for hydroxylation is 1. The number of ether oxygens (including phenoxy) is 1. The van der Waals surface area contributed by atoms with Crippen molar-refractivity contribution in [1.29, 1.82) is 0 Å². The number of hydrogen-bond donors (Lipinski definition) is 2. The highest BCUT2D eigenvalue weighted by molar-refractivity contribution is 7.80. The van der Waals surface area contributed by atoms with Gasteiger partial charge in [-0.15, -0.1) is 0 Å². The van der Waals surface area contributed by atoms with Crippen molar-refractivity contribution in [3.63, 3.8) is 0 Å². The lowest BCUT2D eigenvalue weighted by molar-refractivity contribution is -0.385. The van der Waals surface area contributed by atoms with Crippen LogP contribution in [-0.4, -0.2) is 22.6 Å². The minimum atomic E-state index is -0.595. The Hall–Kier alpha value is -2.48. The summed E-state index contributed by atoms with van der Waals surface area (Å²) in [5, 5.41) is 17.4. The molecule has 7 nitrogen and oxygen atoms in total. The SMILES string of the molecule is CCOC(=O)C1=C(C)NC(=S)NC1c1ccc(C)c([N+](=O)[O-])c1. The van der Waals surface area contributed by atoms with Crippen LogP contribution in [0.25, 0.3) is 0 Å². The highest BCUT2D eigenvalue weighted by Gasteiger charge is 2.31. The molecule has 0 amide bonds. The van der Waals surface area contributed by atoms with Crippen LogP contribution in [0.1, 0.15) is 31.0 Å². The summed E-state index contributed by atoms with van der Waals surface area (Å²) in [6.07, 6.45) is 0. The van der Waals surface area contributed by atoms with Crippen LogP contribution in [0.15, 0.2) is 29.5 Å². The number of nitro groups is 1. The summed E-state index contributed by atoms with van der Waals surface area (Å²) in [6, 6.07) is 4.24. The van der Waals surface area contributed by atoms with Crippen molar-refractivity contribution in [3.05, 3.63) is 50.7 Å². The zero-order valence-corrected chi connectivity index (χ0v) is 13.8. The molecule has 0 fully saturated rings. The van der Waals surface area contributed by atoms with Gasteiger partial charge in [-0.05, 0) is 38.6 Å². The fourth-order valence-electron chi connectivity index (χ4n) is 2.43. The number of thiocarbonyl (C=S) groups is 1. The van der Waals surface area contributed by atoms with Crippen molar-refractivity contribution in [2.24, 2.45) is 0 Å². The van der Waals surface area contributed by atoms with E-state index in [1.54, 1.807) is 32.9 Å². The van der Waals surface area contributed by atoms with E-state index in [0.29, 0.717) is 27.5 Å². The summed E-state index contributed by atoms with van der Waals surface area (Å²) < 4.78 is 5.09. The monoisotopic (exact) mass is 335 g/mol. The number of nitro benzene ring substituents is 1. The van der Waals surface area contributed by atoms with Crippen molar-refractivity contribution >= 4 is 29.0 Å². The van der Waals surface area contributed by atoms with Crippen LogP contribution in [0, 0.1) is 17.0 Å². The van der Waals surface area contributed by atoms with Gasteiger partial charge in [-0.2, -0.15) is 0 Å². The maximum Gasteiger partial charge on any atom is 0.338 e. The van der Waals surface area contributed by atoms with Crippen molar-refractivity contribution in [1.82, 2.24) is 10.6 Å². The van der Waals surface area contributed by atoms with E-state index in [4.69, 9.17) is 17.0 Å². The van der Waals surface area contributed by atoms with Crippen LogP contribution in [0.4, 0.5) is 5.69 Å². The van der Waals surface area contributed by atoms with Gasteiger partial charge in [0.15, 0.2) is 5.11 Å². The summed E-state index contributed by atoms with van der Waals surface area (Å²) in [5.74, 6) is -0.485. The zero-order valence-electron chi connectivity index (χ0n) is 13.0. The van der Waals surface area contributed by atoms with Gasteiger partial charge in [0.05, 0.1) is 23.1 Å². The van der Waals surface area contributed by atoms with Gasteiger partial charge in [0.2, 0.25) is 0 Å². The summed E-state index contributed by atoms with van der Waals surface area (Å²) in [6.45, 7) is 5.33. The molecule has 2 N–H and O–H groups in total. The number of carbonyl (C=O) groups is 1. The van der Waals surface area contributed by atoms with E-state index in [-0.39, 0.29) is 12.3 Å². The number of hydrogen-bond acceptors (Lipinski definition) is 5. The molecule has 0 saturated heterocycles. The predicted octanol–water partition coefficient (Wildman–Crippen LogP) is 2.26. The highest BCUT2D eigenvalue weighted by atomic mass is 32.1. The van der Waals surface area contributed by atoms with E-state index in [2.05, 4.69) is 10.6 Å². The maximum atomic E-state index is 12.2. The van der Waals surface area contributed by atoms with Crippen LogP contribution in [-0.2, 0) is 9.53 Å². The van der Waals surface area contributed by atoms with Gasteiger partial charge in [-0.25, -0.2) is 4.79 Å². The number of benzene rings is 1. The first-order valence-electron chi connectivity index (χ1n) is 7.05. The molecule has 0 aliphatic carbocycles. The summed E-state index contributed by atoms with van der Waals surface area (Å²) in [4.78, 5) is 22.9. The second-order valence-corrected chi connectivity index (χ2v) is 5.50. The maximum absolute atomic E-state index is 12.2. The molecule has 2 rings (SSSR count). The van der Waals surface area contributed by atoms with Crippen LogP contribution in [0.3, 0.4) is 0 Å². The van der Waals surface area contributed by atoms with Crippen molar-refractivity contribution in [2.75, 3.05) is 6.61 Å². The van der Waals surface area contributed by atoms with Gasteiger partial charge >= 0.3 is 5.97 Å². The number of nitrogens with zero attached hydrogens (tertiary/aromatic N) is 1. The molecule has 23 heavy (non-hydrogen) atoms. The van der Waals surface area contributed by atoms with Crippen LogP contribution < -0.4 is 10.6 Å². The Morgan fingerprint density at radius 3 is 2.74 bits per heavy atom. The zero-order chi connectivity index (χ0) is 17.1. The van der Waals surface area contributed by atoms with Gasteiger partial charge in [0.25, 0.3) is 5.69 Å². The third kappa shape index (κ3) is 3.48. The van der Waals surface area contributed by atoms with Gasteiger partial charge in [0, 0.05) is 17.3 Å². The minimum absolute atomic E-state index is 0.00499. The number of rotatable bonds is 4. The second-order valence-electron chi connectivity index (χ2n) is 5.09. The van der Waals surface area contributed by atoms with E-state index in [1.807, 2.05) is 0 Å². The third-order valence-electron chi connectivity index (χ3n) is 3.53.